The van der Waals surface area contributed by atoms with Gasteiger partial charge in [-0.15, -0.1) is 16.4 Å². The average molecular weight is 483 g/mol. The molecule has 0 saturated carbocycles. The van der Waals surface area contributed by atoms with Crippen molar-refractivity contribution in [2.75, 3.05) is 13.7 Å². The molecular formula is C19H16Cl2N4O3S2. The molecule has 0 spiro atoms. The Morgan fingerprint density at radius 1 is 1.13 bits per heavy atom. The largest absolute Gasteiger partial charge is 0.497 e. The Bertz CT molecular complexity index is 1300. The lowest BCUT2D eigenvalue weighted by atomic mass is 10.2. The van der Waals surface area contributed by atoms with Crippen LogP contribution in [0.5, 0.6) is 5.75 Å². The van der Waals surface area contributed by atoms with Crippen LogP contribution in [0, 0.1) is 0 Å². The predicted molar refractivity (Wildman–Crippen MR) is 118 cm³/mol. The SMILES string of the molecule is COc1ccc(-c2nc3scc(CCNS(=O)(=O)c4ccc(Cl)c(Cl)c4)n3n2)cc1. The summed E-state index contributed by atoms with van der Waals surface area (Å²) >= 11 is 13.2. The summed E-state index contributed by atoms with van der Waals surface area (Å²) in [7, 11) is -2.08. The number of methoxy groups -OCH3 is 1. The number of aromatic nitrogens is 3. The minimum atomic E-state index is -3.70. The number of rotatable bonds is 7. The predicted octanol–water partition coefficient (Wildman–Crippen LogP) is 4.29. The van der Waals surface area contributed by atoms with Crippen LogP contribution in [0.2, 0.25) is 10.0 Å². The van der Waals surface area contributed by atoms with E-state index in [2.05, 4.69) is 14.8 Å². The van der Waals surface area contributed by atoms with Crippen LogP contribution in [0.25, 0.3) is 16.3 Å². The summed E-state index contributed by atoms with van der Waals surface area (Å²) in [5, 5.41) is 6.96. The van der Waals surface area contributed by atoms with Gasteiger partial charge in [0.05, 0.1) is 27.7 Å². The maximum Gasteiger partial charge on any atom is 0.240 e. The van der Waals surface area contributed by atoms with Crippen LogP contribution in [0.4, 0.5) is 0 Å². The maximum absolute atomic E-state index is 12.5. The van der Waals surface area contributed by atoms with Gasteiger partial charge < -0.3 is 4.74 Å². The fourth-order valence-corrected chi connectivity index (χ4v) is 5.08. The van der Waals surface area contributed by atoms with Crippen LogP contribution in [0.1, 0.15) is 5.69 Å². The highest BCUT2D eigenvalue weighted by Crippen LogP contribution is 2.25. The Balaban J connectivity index is 1.47. The molecule has 11 heteroatoms. The minimum Gasteiger partial charge on any atom is -0.497 e. The third-order valence-corrected chi connectivity index (χ3v) is 7.44. The summed E-state index contributed by atoms with van der Waals surface area (Å²) in [4.78, 5) is 5.35. The first kappa shape index (κ1) is 21.1. The molecule has 0 aliphatic heterocycles. The first-order valence-corrected chi connectivity index (χ1v) is 11.9. The molecule has 2 aromatic heterocycles. The van der Waals surface area contributed by atoms with Gasteiger partial charge in [-0.25, -0.2) is 17.7 Å². The number of hydrogen-bond acceptors (Lipinski definition) is 6. The topological polar surface area (TPSA) is 85.6 Å². The Hall–Kier alpha value is -2.17. The summed E-state index contributed by atoms with van der Waals surface area (Å²) in [5.74, 6) is 1.36. The van der Waals surface area contributed by atoms with Gasteiger partial charge in [0.25, 0.3) is 0 Å². The fraction of sp³-hybridized carbons (Fsp3) is 0.158. The number of halogens is 2. The number of nitrogens with zero attached hydrogens (tertiary/aromatic N) is 3. The van der Waals surface area contributed by atoms with E-state index in [4.69, 9.17) is 27.9 Å². The van der Waals surface area contributed by atoms with Crippen LogP contribution in [0.15, 0.2) is 52.7 Å². The van der Waals surface area contributed by atoms with Crippen LogP contribution in [-0.4, -0.2) is 36.7 Å². The zero-order valence-corrected chi connectivity index (χ0v) is 18.8. The highest BCUT2D eigenvalue weighted by atomic mass is 35.5. The number of hydrogen-bond donors (Lipinski definition) is 1. The van der Waals surface area contributed by atoms with Gasteiger partial charge in [-0.05, 0) is 42.5 Å². The van der Waals surface area contributed by atoms with E-state index in [1.165, 1.54) is 29.5 Å². The van der Waals surface area contributed by atoms with Gasteiger partial charge in [0.2, 0.25) is 15.0 Å². The second-order valence-corrected chi connectivity index (χ2v) is 9.73. The third kappa shape index (κ3) is 4.30. The van der Waals surface area contributed by atoms with Crippen LogP contribution in [-0.2, 0) is 16.4 Å². The normalized spacial score (nSPS) is 11.8. The zero-order valence-electron chi connectivity index (χ0n) is 15.7. The van der Waals surface area contributed by atoms with Crippen LogP contribution in [0.3, 0.4) is 0 Å². The standard InChI is InChI=1S/C19H16Cl2N4O3S2/c1-28-14-4-2-12(3-5-14)18-23-19-25(24-18)13(11-29-19)8-9-22-30(26,27)15-6-7-16(20)17(21)10-15/h2-7,10-11,22H,8-9H2,1H3. The summed E-state index contributed by atoms with van der Waals surface area (Å²) in [6, 6.07) is 11.7. The Morgan fingerprint density at radius 2 is 1.90 bits per heavy atom. The highest BCUT2D eigenvalue weighted by molar-refractivity contribution is 7.89. The van der Waals surface area contributed by atoms with E-state index in [0.717, 1.165) is 22.0 Å². The summed E-state index contributed by atoms with van der Waals surface area (Å²) < 4.78 is 34.4. The fourth-order valence-electron chi connectivity index (χ4n) is 2.80. The number of sulfonamides is 1. The molecule has 2 aromatic carbocycles. The van der Waals surface area contributed by atoms with Crippen molar-refractivity contribution in [3.8, 4) is 17.1 Å². The van der Waals surface area contributed by atoms with Crippen molar-refractivity contribution in [1.29, 1.82) is 0 Å². The molecule has 4 aromatic rings. The van der Waals surface area contributed by atoms with Gasteiger partial charge in [-0.3, -0.25) is 0 Å². The molecule has 30 heavy (non-hydrogen) atoms. The van der Waals surface area contributed by atoms with E-state index in [0.29, 0.717) is 17.3 Å². The molecule has 1 N–H and O–H groups in total. The van der Waals surface area contributed by atoms with Crippen molar-refractivity contribution in [1.82, 2.24) is 19.3 Å². The van der Waals surface area contributed by atoms with Crippen LogP contribution >= 0.6 is 34.5 Å². The first-order valence-electron chi connectivity index (χ1n) is 8.79. The summed E-state index contributed by atoms with van der Waals surface area (Å²) in [6.07, 6.45) is 0.450. The molecule has 0 aliphatic rings. The van der Waals surface area contributed by atoms with E-state index in [-0.39, 0.29) is 16.5 Å². The molecule has 0 bridgehead atoms. The third-order valence-electron chi connectivity index (χ3n) is 4.37. The Morgan fingerprint density at radius 3 is 2.60 bits per heavy atom. The molecule has 7 nitrogen and oxygen atoms in total. The lowest BCUT2D eigenvalue weighted by Gasteiger charge is -2.07. The lowest BCUT2D eigenvalue weighted by molar-refractivity contribution is 0.415. The number of fused-ring (bicyclic) bond motifs is 1. The Labute approximate surface area is 187 Å². The van der Waals surface area contributed by atoms with Crippen molar-refractivity contribution in [3.05, 3.63) is 63.6 Å². The van der Waals surface area contributed by atoms with Crippen molar-refractivity contribution in [3.63, 3.8) is 0 Å². The molecule has 4 rings (SSSR count). The van der Waals surface area contributed by atoms with Gasteiger partial charge in [-0.1, -0.05) is 23.2 Å². The second-order valence-electron chi connectivity index (χ2n) is 6.31. The first-order chi connectivity index (χ1) is 14.4. The van der Waals surface area contributed by atoms with E-state index in [1.807, 2.05) is 29.6 Å². The van der Waals surface area contributed by atoms with Crippen molar-refractivity contribution in [2.45, 2.75) is 11.3 Å². The number of nitrogens with one attached hydrogen (secondary N) is 1. The molecule has 0 aliphatic carbocycles. The van der Waals surface area contributed by atoms with Crippen molar-refractivity contribution < 1.29 is 13.2 Å². The molecule has 0 saturated heterocycles. The van der Waals surface area contributed by atoms with Crippen molar-refractivity contribution in [2.24, 2.45) is 0 Å². The monoisotopic (exact) mass is 482 g/mol. The molecule has 0 unspecified atom stereocenters. The number of ether oxygens (including phenoxy) is 1. The lowest BCUT2D eigenvalue weighted by Crippen LogP contribution is -2.26. The van der Waals surface area contributed by atoms with Gasteiger partial charge in [0, 0.05) is 23.9 Å². The van der Waals surface area contributed by atoms with Gasteiger partial charge in [0.15, 0.2) is 5.82 Å². The number of thiazole rings is 1. The second kappa shape index (κ2) is 8.52. The zero-order chi connectivity index (χ0) is 21.3. The molecule has 0 fully saturated rings. The van der Waals surface area contributed by atoms with E-state index in [1.54, 1.807) is 11.6 Å². The van der Waals surface area contributed by atoms with Crippen molar-refractivity contribution >= 4 is 49.5 Å². The molecule has 156 valence electrons. The molecule has 0 radical (unpaired) electrons. The number of benzene rings is 2. The van der Waals surface area contributed by atoms with E-state index < -0.39 is 10.0 Å². The van der Waals surface area contributed by atoms with E-state index >= 15 is 0 Å². The quantitative estimate of drug-likeness (QED) is 0.424. The highest BCUT2D eigenvalue weighted by Gasteiger charge is 2.16. The van der Waals surface area contributed by atoms with E-state index in [9.17, 15) is 8.42 Å². The molecule has 0 atom stereocenters. The smallest absolute Gasteiger partial charge is 0.240 e. The molecule has 0 amide bonds. The summed E-state index contributed by atoms with van der Waals surface area (Å²) in [5.41, 5.74) is 1.73. The van der Waals surface area contributed by atoms with Gasteiger partial charge in [-0.2, -0.15) is 4.98 Å². The van der Waals surface area contributed by atoms with Gasteiger partial charge >= 0.3 is 0 Å². The molecular weight excluding hydrogens is 467 g/mol. The summed E-state index contributed by atoms with van der Waals surface area (Å²) in [6.45, 7) is 0.201. The van der Waals surface area contributed by atoms with Gasteiger partial charge in [0.1, 0.15) is 5.75 Å². The maximum atomic E-state index is 12.5. The average Bonchev–Trinajstić information content (AvgIpc) is 3.32. The Kier molecular flexibility index (Phi) is 5.99. The molecule has 2 heterocycles. The van der Waals surface area contributed by atoms with Crippen LogP contribution < -0.4 is 9.46 Å². The minimum absolute atomic E-state index is 0.0647.